The first-order chi connectivity index (χ1) is 14.5. The van der Waals surface area contributed by atoms with Crippen LogP contribution in [0.15, 0.2) is 41.2 Å². The number of pyridine rings is 1. The van der Waals surface area contributed by atoms with Crippen molar-refractivity contribution in [3.8, 4) is 0 Å². The second-order valence-corrected chi connectivity index (χ2v) is 8.19. The summed E-state index contributed by atoms with van der Waals surface area (Å²) in [6.45, 7) is 2.99. The molecule has 0 N–H and O–H groups in total. The number of ether oxygens (including phenoxy) is 1. The maximum Gasteiger partial charge on any atom is 0.230 e. The first kappa shape index (κ1) is 18.9. The number of carbonyl (C=O) groups is 2. The fourth-order valence-electron chi connectivity index (χ4n) is 4.81. The molecule has 0 saturated carbocycles. The molecule has 2 amide bonds. The molecule has 0 aliphatic carbocycles. The third kappa shape index (κ3) is 3.00. The van der Waals surface area contributed by atoms with Gasteiger partial charge in [0.15, 0.2) is 5.82 Å². The molecule has 0 aromatic carbocycles. The highest BCUT2D eigenvalue weighted by Gasteiger charge is 2.66. The fourth-order valence-corrected chi connectivity index (χ4v) is 4.81. The molecule has 2 aromatic rings. The molecule has 156 valence electrons. The molecule has 1 spiro atoms. The minimum atomic E-state index is -0.704. The summed E-state index contributed by atoms with van der Waals surface area (Å²) in [6, 6.07) is 3.89. The van der Waals surface area contributed by atoms with E-state index in [0.29, 0.717) is 24.8 Å². The summed E-state index contributed by atoms with van der Waals surface area (Å²) in [5.41, 5.74) is 0.417. The van der Waals surface area contributed by atoms with Crippen LogP contribution in [0.2, 0.25) is 0 Å². The van der Waals surface area contributed by atoms with Gasteiger partial charge in [0.25, 0.3) is 0 Å². The summed E-state index contributed by atoms with van der Waals surface area (Å²) >= 11 is 0. The van der Waals surface area contributed by atoms with Gasteiger partial charge < -0.3 is 19.1 Å². The van der Waals surface area contributed by atoms with Gasteiger partial charge in [-0.25, -0.2) is 0 Å². The Kier molecular flexibility index (Phi) is 4.43. The van der Waals surface area contributed by atoms with Crippen molar-refractivity contribution in [3.63, 3.8) is 0 Å². The Hall–Kier alpha value is -3.07. The summed E-state index contributed by atoms with van der Waals surface area (Å²) in [7, 11) is 1.69. The number of aryl methyl sites for hydroxylation is 1. The van der Waals surface area contributed by atoms with E-state index in [4.69, 9.17) is 9.26 Å². The first-order valence-corrected chi connectivity index (χ1v) is 10.1. The zero-order valence-corrected chi connectivity index (χ0v) is 16.9. The molecule has 2 fully saturated rings. The van der Waals surface area contributed by atoms with Gasteiger partial charge in [0.2, 0.25) is 17.7 Å². The van der Waals surface area contributed by atoms with Crippen LogP contribution in [0.5, 0.6) is 0 Å². The maximum absolute atomic E-state index is 13.3. The van der Waals surface area contributed by atoms with Crippen molar-refractivity contribution in [2.75, 3.05) is 20.1 Å². The number of fused-ring (bicyclic) bond motifs is 1. The molecule has 0 radical (unpaired) electrons. The number of amides is 2. The lowest BCUT2D eigenvalue weighted by molar-refractivity contribution is -0.142. The predicted molar refractivity (Wildman–Crippen MR) is 104 cm³/mol. The van der Waals surface area contributed by atoms with Gasteiger partial charge in [0.1, 0.15) is 5.60 Å². The van der Waals surface area contributed by atoms with Crippen molar-refractivity contribution in [3.05, 3.63) is 54.0 Å². The number of rotatable bonds is 6. The van der Waals surface area contributed by atoms with Crippen molar-refractivity contribution < 1.29 is 18.8 Å². The molecule has 9 heteroatoms. The van der Waals surface area contributed by atoms with E-state index < -0.39 is 17.4 Å². The zero-order valence-electron chi connectivity index (χ0n) is 16.9. The molecular weight excluding hydrogens is 386 g/mol. The van der Waals surface area contributed by atoms with Crippen LogP contribution in [0.1, 0.15) is 17.3 Å². The highest BCUT2D eigenvalue weighted by atomic mass is 16.5. The van der Waals surface area contributed by atoms with Crippen LogP contribution < -0.4 is 0 Å². The smallest absolute Gasteiger partial charge is 0.230 e. The Labute approximate surface area is 173 Å². The Morgan fingerprint density at radius 1 is 1.37 bits per heavy atom. The monoisotopic (exact) mass is 409 g/mol. The largest absolute Gasteiger partial charge is 0.360 e. The van der Waals surface area contributed by atoms with Crippen LogP contribution in [0.4, 0.5) is 0 Å². The summed E-state index contributed by atoms with van der Waals surface area (Å²) in [5.74, 6) is -0.291. The second-order valence-electron chi connectivity index (χ2n) is 8.19. The molecule has 3 aliphatic rings. The number of hydrogen-bond donors (Lipinski definition) is 0. The Morgan fingerprint density at radius 3 is 2.90 bits per heavy atom. The molecule has 2 aromatic heterocycles. The molecule has 0 unspecified atom stereocenters. The fraction of sp³-hybridized carbons (Fsp3) is 0.476. The third-order valence-corrected chi connectivity index (χ3v) is 6.21. The minimum Gasteiger partial charge on any atom is -0.360 e. The highest BCUT2D eigenvalue weighted by Crippen LogP contribution is 2.52. The predicted octanol–water partition coefficient (Wildman–Crippen LogP) is 0.756. The number of hydrogen-bond acceptors (Lipinski definition) is 7. The van der Waals surface area contributed by atoms with Crippen LogP contribution in [0.3, 0.4) is 0 Å². The Bertz CT molecular complexity index is 1010. The van der Waals surface area contributed by atoms with Crippen molar-refractivity contribution in [2.45, 2.75) is 31.6 Å². The van der Waals surface area contributed by atoms with Crippen molar-refractivity contribution in [1.82, 2.24) is 24.9 Å². The van der Waals surface area contributed by atoms with Crippen molar-refractivity contribution in [2.24, 2.45) is 11.8 Å². The molecule has 30 heavy (non-hydrogen) atoms. The van der Waals surface area contributed by atoms with Gasteiger partial charge in [-0.15, -0.1) is 0 Å². The van der Waals surface area contributed by atoms with Gasteiger partial charge in [0.05, 0.1) is 31.0 Å². The van der Waals surface area contributed by atoms with E-state index in [1.54, 1.807) is 31.3 Å². The summed E-state index contributed by atoms with van der Waals surface area (Å²) < 4.78 is 11.2. The SMILES string of the molecule is Cc1nc(CN(C)C(=O)[C@@H]2[C@@H]3C=C[C@@]4(CN(CCc5ccncc5)C(=O)[C@@H]24)O3)no1. The number of aromatic nitrogens is 3. The number of nitrogens with zero attached hydrogens (tertiary/aromatic N) is 5. The van der Waals surface area contributed by atoms with E-state index in [2.05, 4.69) is 15.1 Å². The lowest BCUT2D eigenvalue weighted by Gasteiger charge is -2.27. The van der Waals surface area contributed by atoms with E-state index in [1.165, 1.54) is 0 Å². The molecule has 2 bridgehead atoms. The molecule has 4 atom stereocenters. The van der Waals surface area contributed by atoms with Crippen molar-refractivity contribution >= 4 is 11.8 Å². The van der Waals surface area contributed by atoms with Crippen LogP contribution in [0.25, 0.3) is 0 Å². The summed E-state index contributed by atoms with van der Waals surface area (Å²) in [4.78, 5) is 38.1. The normalized spacial score (nSPS) is 28.9. The Balaban J connectivity index is 1.31. The maximum atomic E-state index is 13.3. The van der Waals surface area contributed by atoms with Crippen LogP contribution in [0, 0.1) is 18.8 Å². The lowest BCUT2D eigenvalue weighted by Crippen LogP contribution is -2.44. The van der Waals surface area contributed by atoms with Gasteiger partial charge in [0, 0.05) is 32.9 Å². The molecule has 9 nitrogen and oxygen atoms in total. The van der Waals surface area contributed by atoms with Crippen LogP contribution >= 0.6 is 0 Å². The second kappa shape index (κ2) is 7.02. The van der Waals surface area contributed by atoms with E-state index in [1.807, 2.05) is 29.2 Å². The van der Waals surface area contributed by atoms with Gasteiger partial charge >= 0.3 is 0 Å². The number of likely N-dealkylation sites (tertiary alicyclic amines) is 1. The zero-order chi connectivity index (χ0) is 20.9. The van der Waals surface area contributed by atoms with E-state index in [-0.39, 0.29) is 24.5 Å². The molecular formula is C21H23N5O4. The highest BCUT2D eigenvalue weighted by molar-refractivity contribution is 5.93. The number of carbonyl (C=O) groups excluding carboxylic acids is 2. The third-order valence-electron chi connectivity index (χ3n) is 6.21. The van der Waals surface area contributed by atoms with Gasteiger partial charge in [-0.05, 0) is 24.1 Å². The van der Waals surface area contributed by atoms with E-state index in [9.17, 15) is 9.59 Å². The topological polar surface area (TPSA) is 102 Å². The van der Waals surface area contributed by atoms with Gasteiger partial charge in [-0.3, -0.25) is 14.6 Å². The minimum absolute atomic E-state index is 0.0157. The Morgan fingerprint density at radius 2 is 2.17 bits per heavy atom. The quantitative estimate of drug-likeness (QED) is 0.649. The molecule has 2 saturated heterocycles. The average molecular weight is 409 g/mol. The van der Waals surface area contributed by atoms with Gasteiger partial charge in [-0.2, -0.15) is 4.98 Å². The van der Waals surface area contributed by atoms with E-state index in [0.717, 1.165) is 12.0 Å². The molecule has 5 rings (SSSR count). The van der Waals surface area contributed by atoms with Crippen LogP contribution in [-0.4, -0.2) is 68.6 Å². The first-order valence-electron chi connectivity index (χ1n) is 10.1. The molecule has 3 aliphatic heterocycles. The average Bonchev–Trinajstić information content (AvgIpc) is 3.48. The summed E-state index contributed by atoms with van der Waals surface area (Å²) in [6.07, 6.45) is 7.75. The van der Waals surface area contributed by atoms with Crippen LogP contribution in [-0.2, 0) is 27.3 Å². The van der Waals surface area contributed by atoms with E-state index >= 15 is 0 Å². The standard InChI is InChI=1S/C21H23N5O4/c1-13-23-16(24-30-13)11-25(2)19(27)17-15-3-7-21(29-15)12-26(20(28)18(17)21)10-6-14-4-8-22-9-5-14/h3-5,7-9,15,17-18H,6,10-12H2,1-2H3/t15-,17+,18+,21-/m0/s1. The molecule has 5 heterocycles. The van der Waals surface area contributed by atoms with Crippen molar-refractivity contribution in [1.29, 1.82) is 0 Å². The summed E-state index contributed by atoms with van der Waals surface area (Å²) in [5, 5.41) is 3.85. The van der Waals surface area contributed by atoms with Gasteiger partial charge in [-0.1, -0.05) is 17.3 Å². The lowest BCUT2D eigenvalue weighted by atomic mass is 9.76.